The maximum absolute atomic E-state index is 4.29. The fraction of sp³-hybridized carbons (Fsp3) is 0.312. The highest BCUT2D eigenvalue weighted by atomic mass is 79.9. The molecule has 0 bridgehead atoms. The largest absolute Gasteiger partial charge is 0.311 e. The number of nitrogens with one attached hydrogen (secondary N) is 1. The monoisotopic (exact) mass is 318 g/mol. The third kappa shape index (κ3) is 5.13. The SMILES string of the molecule is BrCCc1ccc(CCNCc2ccccn2)cc1. The van der Waals surface area contributed by atoms with Crippen LogP contribution in [0.15, 0.2) is 48.7 Å². The maximum Gasteiger partial charge on any atom is 0.0541 e. The molecule has 1 N–H and O–H groups in total. The number of aromatic nitrogens is 1. The Balaban J connectivity index is 1.70. The van der Waals surface area contributed by atoms with Gasteiger partial charge in [0.05, 0.1) is 5.69 Å². The zero-order valence-corrected chi connectivity index (χ0v) is 12.6. The van der Waals surface area contributed by atoms with Gasteiger partial charge in [0.25, 0.3) is 0 Å². The zero-order chi connectivity index (χ0) is 13.3. The first-order valence-electron chi connectivity index (χ1n) is 6.63. The summed E-state index contributed by atoms with van der Waals surface area (Å²) < 4.78 is 0. The van der Waals surface area contributed by atoms with Crippen LogP contribution in [0.1, 0.15) is 16.8 Å². The van der Waals surface area contributed by atoms with Gasteiger partial charge in [0.15, 0.2) is 0 Å². The normalized spacial score (nSPS) is 10.6. The number of hydrogen-bond acceptors (Lipinski definition) is 2. The van der Waals surface area contributed by atoms with Crippen molar-refractivity contribution in [2.45, 2.75) is 19.4 Å². The van der Waals surface area contributed by atoms with Crippen LogP contribution in [0.2, 0.25) is 0 Å². The average Bonchev–Trinajstić information content (AvgIpc) is 2.47. The number of pyridine rings is 1. The Kier molecular flexibility index (Phi) is 6.05. The second-order valence-corrected chi connectivity index (χ2v) is 5.30. The number of aryl methyl sites for hydroxylation is 1. The van der Waals surface area contributed by atoms with Crippen molar-refractivity contribution in [1.82, 2.24) is 10.3 Å². The average molecular weight is 319 g/mol. The molecular formula is C16H19BrN2. The highest BCUT2D eigenvalue weighted by Crippen LogP contribution is 2.06. The molecule has 3 heteroatoms. The molecule has 1 aromatic carbocycles. The lowest BCUT2D eigenvalue weighted by Crippen LogP contribution is -2.17. The van der Waals surface area contributed by atoms with Gasteiger partial charge < -0.3 is 5.32 Å². The van der Waals surface area contributed by atoms with Gasteiger partial charge in [0, 0.05) is 18.1 Å². The van der Waals surface area contributed by atoms with Gasteiger partial charge in [-0.2, -0.15) is 0 Å². The van der Waals surface area contributed by atoms with Gasteiger partial charge in [0.1, 0.15) is 0 Å². The number of alkyl halides is 1. The molecular weight excluding hydrogens is 300 g/mol. The predicted molar refractivity (Wildman–Crippen MR) is 83.6 cm³/mol. The third-order valence-corrected chi connectivity index (χ3v) is 3.43. The van der Waals surface area contributed by atoms with E-state index >= 15 is 0 Å². The Hall–Kier alpha value is -1.19. The van der Waals surface area contributed by atoms with Gasteiger partial charge in [0.2, 0.25) is 0 Å². The van der Waals surface area contributed by atoms with Crippen LogP contribution in [0.25, 0.3) is 0 Å². The quantitative estimate of drug-likeness (QED) is 0.625. The molecule has 0 radical (unpaired) electrons. The molecule has 0 saturated carbocycles. The molecule has 0 amide bonds. The predicted octanol–water partition coefficient (Wildman–Crippen LogP) is 3.35. The highest BCUT2D eigenvalue weighted by molar-refractivity contribution is 9.09. The number of nitrogens with zero attached hydrogens (tertiary/aromatic N) is 1. The molecule has 100 valence electrons. The first-order valence-corrected chi connectivity index (χ1v) is 7.75. The molecule has 19 heavy (non-hydrogen) atoms. The standard InChI is InChI=1S/C16H19BrN2/c17-10-8-14-4-6-15(7-5-14)9-12-18-13-16-3-1-2-11-19-16/h1-7,11,18H,8-10,12-13H2. The first-order chi connectivity index (χ1) is 9.38. The summed E-state index contributed by atoms with van der Waals surface area (Å²) >= 11 is 3.46. The van der Waals surface area contributed by atoms with E-state index in [0.29, 0.717) is 0 Å². The lowest BCUT2D eigenvalue weighted by molar-refractivity contribution is 0.675. The summed E-state index contributed by atoms with van der Waals surface area (Å²) in [5.41, 5.74) is 3.86. The Morgan fingerprint density at radius 2 is 1.68 bits per heavy atom. The minimum absolute atomic E-state index is 0.836. The summed E-state index contributed by atoms with van der Waals surface area (Å²) in [6, 6.07) is 14.9. The van der Waals surface area contributed by atoms with Crippen molar-refractivity contribution in [3.05, 3.63) is 65.5 Å². The van der Waals surface area contributed by atoms with Crippen molar-refractivity contribution in [2.75, 3.05) is 11.9 Å². The Morgan fingerprint density at radius 1 is 0.947 bits per heavy atom. The van der Waals surface area contributed by atoms with E-state index in [4.69, 9.17) is 0 Å². The topological polar surface area (TPSA) is 24.9 Å². The lowest BCUT2D eigenvalue weighted by atomic mass is 10.1. The molecule has 0 saturated heterocycles. The highest BCUT2D eigenvalue weighted by Gasteiger charge is 1.96. The lowest BCUT2D eigenvalue weighted by Gasteiger charge is -2.05. The third-order valence-electron chi connectivity index (χ3n) is 3.03. The van der Waals surface area contributed by atoms with E-state index in [9.17, 15) is 0 Å². The smallest absolute Gasteiger partial charge is 0.0541 e. The van der Waals surface area contributed by atoms with Crippen LogP contribution in [0.3, 0.4) is 0 Å². The summed E-state index contributed by atoms with van der Waals surface area (Å²) in [7, 11) is 0. The molecule has 0 atom stereocenters. The van der Waals surface area contributed by atoms with Crippen molar-refractivity contribution in [1.29, 1.82) is 0 Å². The van der Waals surface area contributed by atoms with E-state index in [1.807, 2.05) is 24.4 Å². The maximum atomic E-state index is 4.29. The molecule has 2 aromatic rings. The Bertz CT molecular complexity index is 468. The summed E-state index contributed by atoms with van der Waals surface area (Å²) in [6.45, 7) is 1.82. The van der Waals surface area contributed by atoms with Crippen LogP contribution >= 0.6 is 15.9 Å². The minimum Gasteiger partial charge on any atom is -0.311 e. The van der Waals surface area contributed by atoms with Gasteiger partial charge in [-0.3, -0.25) is 4.98 Å². The van der Waals surface area contributed by atoms with Gasteiger partial charge in [-0.25, -0.2) is 0 Å². The van der Waals surface area contributed by atoms with E-state index in [1.54, 1.807) is 0 Å². The molecule has 0 aliphatic rings. The van der Waals surface area contributed by atoms with Crippen molar-refractivity contribution in [2.24, 2.45) is 0 Å². The molecule has 0 fully saturated rings. The fourth-order valence-corrected chi connectivity index (χ4v) is 2.39. The number of hydrogen-bond donors (Lipinski definition) is 1. The molecule has 0 aliphatic carbocycles. The Morgan fingerprint density at radius 3 is 2.32 bits per heavy atom. The van der Waals surface area contributed by atoms with Crippen molar-refractivity contribution in [3.63, 3.8) is 0 Å². The van der Waals surface area contributed by atoms with Crippen LogP contribution in [0.4, 0.5) is 0 Å². The van der Waals surface area contributed by atoms with Gasteiger partial charge in [-0.1, -0.05) is 46.3 Å². The molecule has 2 rings (SSSR count). The summed E-state index contributed by atoms with van der Waals surface area (Å²) in [5, 5.41) is 4.45. The van der Waals surface area contributed by atoms with E-state index in [-0.39, 0.29) is 0 Å². The van der Waals surface area contributed by atoms with E-state index < -0.39 is 0 Å². The summed E-state index contributed by atoms with van der Waals surface area (Å²) in [4.78, 5) is 4.29. The van der Waals surface area contributed by atoms with Crippen molar-refractivity contribution >= 4 is 15.9 Å². The summed E-state index contributed by atoms with van der Waals surface area (Å²) in [6.07, 6.45) is 3.99. The van der Waals surface area contributed by atoms with Gasteiger partial charge in [-0.05, 0) is 42.6 Å². The minimum atomic E-state index is 0.836. The molecule has 0 aliphatic heterocycles. The fourth-order valence-electron chi connectivity index (χ4n) is 1.93. The molecule has 0 unspecified atom stereocenters. The van der Waals surface area contributed by atoms with Crippen molar-refractivity contribution < 1.29 is 0 Å². The summed E-state index contributed by atoms with van der Waals surface area (Å²) in [5.74, 6) is 0. The van der Waals surface area contributed by atoms with E-state index in [1.165, 1.54) is 11.1 Å². The molecule has 2 nitrogen and oxygen atoms in total. The number of rotatable bonds is 7. The second kappa shape index (κ2) is 8.08. The number of benzene rings is 1. The Labute approximate surface area is 123 Å². The van der Waals surface area contributed by atoms with E-state index in [2.05, 4.69) is 50.5 Å². The van der Waals surface area contributed by atoms with Crippen LogP contribution in [0, 0.1) is 0 Å². The molecule has 1 heterocycles. The van der Waals surface area contributed by atoms with Crippen LogP contribution in [-0.2, 0) is 19.4 Å². The van der Waals surface area contributed by atoms with Crippen LogP contribution in [-0.4, -0.2) is 16.9 Å². The number of halogens is 1. The van der Waals surface area contributed by atoms with E-state index in [0.717, 1.165) is 37.0 Å². The second-order valence-electron chi connectivity index (χ2n) is 4.50. The molecule has 1 aromatic heterocycles. The van der Waals surface area contributed by atoms with Crippen LogP contribution in [0.5, 0.6) is 0 Å². The van der Waals surface area contributed by atoms with Gasteiger partial charge in [-0.15, -0.1) is 0 Å². The molecule has 0 spiro atoms. The van der Waals surface area contributed by atoms with Crippen molar-refractivity contribution in [3.8, 4) is 0 Å². The zero-order valence-electron chi connectivity index (χ0n) is 11.0. The first kappa shape index (κ1) is 14.2. The van der Waals surface area contributed by atoms with Gasteiger partial charge >= 0.3 is 0 Å². The van der Waals surface area contributed by atoms with Crippen LogP contribution < -0.4 is 5.32 Å².